The van der Waals surface area contributed by atoms with Crippen molar-refractivity contribution in [2.75, 3.05) is 5.32 Å². The van der Waals surface area contributed by atoms with E-state index in [1.54, 1.807) is 40.1 Å². The molecular weight excluding hydrogens is 386 g/mol. The molecule has 3 rings (SSSR count). The topological polar surface area (TPSA) is 116 Å². The van der Waals surface area contributed by atoms with Gasteiger partial charge in [0.2, 0.25) is 5.82 Å². The number of carbonyl (C=O) groups excluding carboxylic acids is 1. The number of hydrogen-bond donors (Lipinski definition) is 1. The highest BCUT2D eigenvalue weighted by molar-refractivity contribution is 6.10. The Morgan fingerprint density at radius 2 is 1.97 bits per heavy atom. The second kappa shape index (κ2) is 9.12. The second-order valence-corrected chi connectivity index (χ2v) is 7.41. The number of pyridine rings is 1. The van der Waals surface area contributed by atoms with Crippen molar-refractivity contribution in [3.63, 3.8) is 0 Å². The SMILES string of the molecule is Cn1nnnc1/C(=N\OCc1cncc(NC(=O)OC(C)(C)C)c1)c1ccccc1. The van der Waals surface area contributed by atoms with Crippen molar-refractivity contribution in [2.45, 2.75) is 33.0 Å². The standard InChI is InChI=1S/C20H23N7O3/c1-20(2,3)30-19(28)22-16-10-14(11-21-12-16)13-29-24-17(15-8-6-5-7-9-15)18-23-25-26-27(18)4/h5-12H,13H2,1-4H3,(H,22,28)/b24-17-. The van der Waals surface area contributed by atoms with E-state index in [4.69, 9.17) is 9.57 Å². The number of nitrogens with zero attached hydrogens (tertiary/aromatic N) is 6. The lowest BCUT2D eigenvalue weighted by molar-refractivity contribution is 0.0636. The number of aryl methyl sites for hydroxylation is 1. The molecule has 1 amide bonds. The molecule has 10 nitrogen and oxygen atoms in total. The third-order valence-corrected chi connectivity index (χ3v) is 3.71. The summed E-state index contributed by atoms with van der Waals surface area (Å²) < 4.78 is 6.76. The van der Waals surface area contributed by atoms with Gasteiger partial charge in [-0.1, -0.05) is 35.5 Å². The van der Waals surface area contributed by atoms with E-state index in [9.17, 15) is 4.79 Å². The molecule has 0 aliphatic carbocycles. The Hall–Kier alpha value is -3.82. The summed E-state index contributed by atoms with van der Waals surface area (Å²) in [5.74, 6) is 0.472. The lowest BCUT2D eigenvalue weighted by Crippen LogP contribution is -2.27. The first-order chi connectivity index (χ1) is 14.3. The predicted molar refractivity (Wildman–Crippen MR) is 110 cm³/mol. The molecule has 0 unspecified atom stereocenters. The van der Waals surface area contributed by atoms with Crippen LogP contribution >= 0.6 is 0 Å². The zero-order valence-electron chi connectivity index (χ0n) is 17.2. The van der Waals surface area contributed by atoms with Crippen LogP contribution in [0.1, 0.15) is 37.7 Å². The maximum absolute atomic E-state index is 11.9. The molecule has 3 aromatic rings. The summed E-state index contributed by atoms with van der Waals surface area (Å²) in [6, 6.07) is 11.2. The number of ether oxygens (including phenoxy) is 1. The normalized spacial score (nSPS) is 11.8. The van der Waals surface area contributed by atoms with Gasteiger partial charge in [-0.05, 0) is 37.3 Å². The summed E-state index contributed by atoms with van der Waals surface area (Å²) >= 11 is 0. The van der Waals surface area contributed by atoms with E-state index in [0.717, 1.165) is 11.1 Å². The lowest BCUT2D eigenvalue weighted by atomic mass is 10.1. The molecule has 0 radical (unpaired) electrons. The summed E-state index contributed by atoms with van der Waals surface area (Å²) in [7, 11) is 1.73. The zero-order valence-corrected chi connectivity index (χ0v) is 17.2. The lowest BCUT2D eigenvalue weighted by Gasteiger charge is -2.19. The number of rotatable bonds is 6. The average molecular weight is 409 g/mol. The van der Waals surface area contributed by atoms with E-state index in [0.29, 0.717) is 17.2 Å². The number of benzene rings is 1. The summed E-state index contributed by atoms with van der Waals surface area (Å²) in [6.45, 7) is 5.52. The summed E-state index contributed by atoms with van der Waals surface area (Å²) in [4.78, 5) is 21.6. The molecular formula is C20H23N7O3. The number of amides is 1. The fourth-order valence-corrected chi connectivity index (χ4v) is 2.48. The minimum atomic E-state index is -0.588. The number of oxime groups is 1. The molecule has 0 bridgehead atoms. The first-order valence-electron chi connectivity index (χ1n) is 9.24. The van der Waals surface area contributed by atoms with E-state index in [-0.39, 0.29) is 6.61 Å². The molecule has 0 saturated heterocycles. The van der Waals surface area contributed by atoms with Gasteiger partial charge in [0.15, 0.2) is 5.71 Å². The molecule has 0 spiro atoms. The Morgan fingerprint density at radius 1 is 1.20 bits per heavy atom. The van der Waals surface area contributed by atoms with Crippen molar-refractivity contribution >= 4 is 17.5 Å². The van der Waals surface area contributed by atoms with Crippen LogP contribution in [0.5, 0.6) is 0 Å². The molecule has 0 aliphatic rings. The minimum Gasteiger partial charge on any atom is -0.444 e. The predicted octanol–water partition coefficient (Wildman–Crippen LogP) is 2.92. The van der Waals surface area contributed by atoms with Crippen LogP contribution in [-0.2, 0) is 23.2 Å². The first-order valence-corrected chi connectivity index (χ1v) is 9.24. The highest BCUT2D eigenvalue weighted by Gasteiger charge is 2.17. The number of anilines is 1. The highest BCUT2D eigenvalue weighted by Crippen LogP contribution is 2.14. The van der Waals surface area contributed by atoms with E-state index >= 15 is 0 Å². The molecule has 0 fully saturated rings. The Bertz CT molecular complexity index is 1030. The van der Waals surface area contributed by atoms with E-state index < -0.39 is 11.7 Å². The number of hydrogen-bond acceptors (Lipinski definition) is 8. The summed E-state index contributed by atoms with van der Waals surface area (Å²) in [5.41, 5.74) is 1.94. The third-order valence-electron chi connectivity index (χ3n) is 3.71. The average Bonchev–Trinajstić information content (AvgIpc) is 3.10. The highest BCUT2D eigenvalue weighted by atomic mass is 16.6. The van der Waals surface area contributed by atoms with Crippen LogP contribution in [-0.4, -0.2) is 42.6 Å². The van der Waals surface area contributed by atoms with Crippen molar-refractivity contribution in [1.82, 2.24) is 25.2 Å². The smallest absolute Gasteiger partial charge is 0.412 e. The van der Waals surface area contributed by atoms with Crippen molar-refractivity contribution in [3.05, 3.63) is 65.7 Å². The number of aromatic nitrogens is 5. The molecule has 2 heterocycles. The van der Waals surface area contributed by atoms with Crippen molar-refractivity contribution in [1.29, 1.82) is 0 Å². The van der Waals surface area contributed by atoms with Gasteiger partial charge in [-0.2, -0.15) is 0 Å². The van der Waals surface area contributed by atoms with Crippen molar-refractivity contribution in [3.8, 4) is 0 Å². The van der Waals surface area contributed by atoms with Crippen LogP contribution in [0.25, 0.3) is 0 Å². The maximum Gasteiger partial charge on any atom is 0.412 e. The molecule has 1 aromatic carbocycles. The Kier molecular flexibility index (Phi) is 6.35. The molecule has 0 atom stereocenters. The van der Waals surface area contributed by atoms with Gasteiger partial charge in [0.05, 0.1) is 11.9 Å². The van der Waals surface area contributed by atoms with Crippen LogP contribution in [0.3, 0.4) is 0 Å². The van der Waals surface area contributed by atoms with Gasteiger partial charge in [0.1, 0.15) is 12.2 Å². The maximum atomic E-state index is 11.9. The monoisotopic (exact) mass is 409 g/mol. The van der Waals surface area contributed by atoms with Gasteiger partial charge in [-0.15, -0.1) is 5.10 Å². The summed E-state index contributed by atoms with van der Waals surface area (Å²) in [5, 5.41) is 18.4. The van der Waals surface area contributed by atoms with Crippen LogP contribution < -0.4 is 5.32 Å². The van der Waals surface area contributed by atoms with Gasteiger partial charge in [-0.25, -0.2) is 9.48 Å². The third kappa shape index (κ3) is 5.84. The Morgan fingerprint density at radius 3 is 2.63 bits per heavy atom. The Labute approximate surface area is 173 Å². The van der Waals surface area contributed by atoms with Crippen LogP contribution in [0.4, 0.5) is 10.5 Å². The molecule has 0 aliphatic heterocycles. The number of nitrogens with one attached hydrogen (secondary N) is 1. The minimum absolute atomic E-state index is 0.137. The fourth-order valence-electron chi connectivity index (χ4n) is 2.48. The van der Waals surface area contributed by atoms with Crippen LogP contribution in [0, 0.1) is 0 Å². The van der Waals surface area contributed by atoms with Gasteiger partial charge in [0, 0.05) is 24.4 Å². The van der Waals surface area contributed by atoms with E-state index in [1.165, 1.54) is 10.9 Å². The van der Waals surface area contributed by atoms with Gasteiger partial charge in [-0.3, -0.25) is 10.3 Å². The number of carbonyl (C=O) groups is 1. The van der Waals surface area contributed by atoms with Gasteiger partial charge < -0.3 is 9.57 Å². The van der Waals surface area contributed by atoms with Crippen LogP contribution in [0.15, 0.2) is 53.9 Å². The van der Waals surface area contributed by atoms with Crippen LogP contribution in [0.2, 0.25) is 0 Å². The quantitative estimate of drug-likeness (QED) is 0.491. The van der Waals surface area contributed by atoms with Gasteiger partial charge >= 0.3 is 6.09 Å². The molecule has 1 N–H and O–H groups in total. The molecule has 2 aromatic heterocycles. The Balaban J connectivity index is 1.71. The summed E-state index contributed by atoms with van der Waals surface area (Å²) in [6.07, 6.45) is 2.60. The van der Waals surface area contributed by atoms with Gasteiger partial charge in [0.25, 0.3) is 0 Å². The molecule has 156 valence electrons. The van der Waals surface area contributed by atoms with E-state index in [1.807, 2.05) is 30.3 Å². The molecule has 0 saturated carbocycles. The molecule has 30 heavy (non-hydrogen) atoms. The molecule has 10 heteroatoms. The first kappa shape index (κ1) is 20.9. The largest absolute Gasteiger partial charge is 0.444 e. The fraction of sp³-hybridized carbons (Fsp3) is 0.300. The second-order valence-electron chi connectivity index (χ2n) is 7.41. The van der Waals surface area contributed by atoms with E-state index in [2.05, 4.69) is 31.0 Å². The van der Waals surface area contributed by atoms with Crippen molar-refractivity contribution in [2.24, 2.45) is 12.2 Å². The number of tetrazole rings is 1. The zero-order chi connectivity index (χ0) is 21.6. The van der Waals surface area contributed by atoms with Crippen molar-refractivity contribution < 1.29 is 14.4 Å².